The van der Waals surface area contributed by atoms with E-state index in [1.807, 2.05) is 13.0 Å². The van der Waals surface area contributed by atoms with Crippen molar-refractivity contribution < 1.29 is 18.7 Å². The van der Waals surface area contributed by atoms with E-state index in [4.69, 9.17) is 4.74 Å². The minimum absolute atomic E-state index is 0.00985. The van der Waals surface area contributed by atoms with Gasteiger partial charge in [0.05, 0.1) is 12.2 Å². The van der Waals surface area contributed by atoms with Gasteiger partial charge in [-0.3, -0.25) is 9.59 Å². The number of aryl methyl sites for hydroxylation is 1. The van der Waals surface area contributed by atoms with Crippen molar-refractivity contribution in [3.63, 3.8) is 0 Å². The first kappa shape index (κ1) is 21.1. The van der Waals surface area contributed by atoms with E-state index in [9.17, 15) is 14.0 Å². The van der Waals surface area contributed by atoms with Gasteiger partial charge in [-0.1, -0.05) is 18.3 Å². The standard InChI is InChI=1S/C23H25FN4O3S/c1-2-13-9-15(24)10-18-16(13)11-19(25-18)22(30)28-6-3-17-20(12-28)32-23(26-17)27-21(29)14-4-7-31-8-5-14/h9-11,14,25H,2-8,12H2,1H3,(H,26,27,29). The number of fused-ring (bicyclic) bond motifs is 2. The molecule has 2 aromatic heterocycles. The largest absolute Gasteiger partial charge is 0.381 e. The van der Waals surface area contributed by atoms with E-state index < -0.39 is 0 Å². The maximum absolute atomic E-state index is 13.9. The van der Waals surface area contributed by atoms with Gasteiger partial charge in [0.1, 0.15) is 11.5 Å². The highest BCUT2D eigenvalue weighted by Gasteiger charge is 2.28. The van der Waals surface area contributed by atoms with Gasteiger partial charge in [-0.2, -0.15) is 0 Å². The molecule has 168 valence electrons. The molecule has 1 saturated heterocycles. The van der Waals surface area contributed by atoms with E-state index in [0.717, 1.165) is 34.4 Å². The molecule has 2 amide bonds. The lowest BCUT2D eigenvalue weighted by atomic mass is 10.00. The number of halogens is 1. The summed E-state index contributed by atoms with van der Waals surface area (Å²) in [5.41, 5.74) is 2.91. The van der Waals surface area contributed by atoms with Gasteiger partial charge in [-0.25, -0.2) is 9.37 Å². The van der Waals surface area contributed by atoms with Crippen LogP contribution in [-0.4, -0.2) is 46.4 Å². The Bertz CT molecular complexity index is 1180. The molecule has 3 aromatic rings. The van der Waals surface area contributed by atoms with Crippen LogP contribution in [0.15, 0.2) is 18.2 Å². The summed E-state index contributed by atoms with van der Waals surface area (Å²) in [5.74, 6) is -0.472. The summed E-state index contributed by atoms with van der Waals surface area (Å²) in [7, 11) is 0. The number of carbonyl (C=O) groups is 2. The molecule has 2 N–H and O–H groups in total. The molecule has 32 heavy (non-hydrogen) atoms. The van der Waals surface area contributed by atoms with Crippen molar-refractivity contribution in [3.05, 3.63) is 45.8 Å². The molecule has 0 atom stereocenters. The lowest BCUT2D eigenvalue weighted by Crippen LogP contribution is -2.35. The van der Waals surface area contributed by atoms with Crippen molar-refractivity contribution in [2.24, 2.45) is 5.92 Å². The average Bonchev–Trinajstić information content (AvgIpc) is 3.41. The molecule has 0 aliphatic carbocycles. The number of thiazole rings is 1. The average molecular weight is 457 g/mol. The van der Waals surface area contributed by atoms with Crippen LogP contribution in [0.4, 0.5) is 9.52 Å². The van der Waals surface area contributed by atoms with Crippen LogP contribution in [0.1, 0.15) is 46.4 Å². The number of anilines is 1. The van der Waals surface area contributed by atoms with Crippen molar-refractivity contribution >= 4 is 39.2 Å². The first-order valence-electron chi connectivity index (χ1n) is 11.0. The third-order valence-corrected chi connectivity index (χ3v) is 7.24. The van der Waals surface area contributed by atoms with E-state index in [0.29, 0.717) is 55.5 Å². The Kier molecular flexibility index (Phi) is 5.69. The zero-order valence-corrected chi connectivity index (χ0v) is 18.7. The van der Waals surface area contributed by atoms with Gasteiger partial charge in [0.15, 0.2) is 5.13 Å². The number of amides is 2. The predicted molar refractivity (Wildman–Crippen MR) is 120 cm³/mol. The number of aromatic amines is 1. The first-order chi connectivity index (χ1) is 15.5. The second-order valence-electron chi connectivity index (χ2n) is 8.30. The molecule has 0 unspecified atom stereocenters. The Morgan fingerprint density at radius 3 is 2.91 bits per heavy atom. The Hall–Kier alpha value is -2.78. The maximum atomic E-state index is 13.9. The number of hydrogen-bond acceptors (Lipinski definition) is 5. The lowest BCUT2D eigenvalue weighted by molar-refractivity contribution is -0.122. The highest BCUT2D eigenvalue weighted by molar-refractivity contribution is 7.15. The summed E-state index contributed by atoms with van der Waals surface area (Å²) >= 11 is 1.43. The van der Waals surface area contributed by atoms with E-state index in [-0.39, 0.29) is 23.5 Å². The van der Waals surface area contributed by atoms with Gasteiger partial charge >= 0.3 is 0 Å². The summed E-state index contributed by atoms with van der Waals surface area (Å²) < 4.78 is 19.2. The third kappa shape index (κ3) is 4.02. The Labute approximate surface area is 189 Å². The Morgan fingerprint density at radius 1 is 1.31 bits per heavy atom. The third-order valence-electron chi connectivity index (χ3n) is 6.24. The van der Waals surface area contributed by atoms with Gasteiger partial charge in [-0.15, -0.1) is 0 Å². The van der Waals surface area contributed by atoms with Crippen molar-refractivity contribution in [2.45, 2.75) is 39.2 Å². The molecule has 1 aromatic carbocycles. The van der Waals surface area contributed by atoms with Crippen molar-refractivity contribution in [1.82, 2.24) is 14.9 Å². The summed E-state index contributed by atoms with van der Waals surface area (Å²) in [6.45, 7) is 4.20. The summed E-state index contributed by atoms with van der Waals surface area (Å²) in [6, 6.07) is 4.76. The van der Waals surface area contributed by atoms with Crippen LogP contribution in [0.25, 0.3) is 10.9 Å². The summed E-state index contributed by atoms with van der Waals surface area (Å²) in [5, 5.41) is 4.42. The van der Waals surface area contributed by atoms with Crippen LogP contribution in [0.3, 0.4) is 0 Å². The van der Waals surface area contributed by atoms with Gasteiger partial charge in [0.25, 0.3) is 5.91 Å². The number of H-pyrrole nitrogens is 1. The number of nitrogens with one attached hydrogen (secondary N) is 2. The zero-order chi connectivity index (χ0) is 22.2. The van der Waals surface area contributed by atoms with Crippen LogP contribution < -0.4 is 5.32 Å². The molecular formula is C23H25FN4O3S. The van der Waals surface area contributed by atoms with Crippen LogP contribution in [0.2, 0.25) is 0 Å². The fourth-order valence-corrected chi connectivity index (χ4v) is 5.47. The minimum atomic E-state index is -0.308. The van der Waals surface area contributed by atoms with Crippen LogP contribution >= 0.6 is 11.3 Å². The SMILES string of the molecule is CCc1cc(F)cc2[nH]c(C(=O)N3CCc4nc(NC(=O)C5CCOCC5)sc4C3)cc12. The van der Waals surface area contributed by atoms with Gasteiger partial charge in [-0.05, 0) is 43.0 Å². The van der Waals surface area contributed by atoms with Gasteiger partial charge in [0.2, 0.25) is 5.91 Å². The molecule has 0 saturated carbocycles. The molecule has 0 radical (unpaired) electrons. The van der Waals surface area contributed by atoms with E-state index in [1.54, 1.807) is 4.90 Å². The summed E-state index contributed by atoms with van der Waals surface area (Å²) in [4.78, 5) is 36.1. The highest BCUT2D eigenvalue weighted by atomic mass is 32.1. The monoisotopic (exact) mass is 456 g/mol. The topological polar surface area (TPSA) is 87.3 Å². The van der Waals surface area contributed by atoms with E-state index >= 15 is 0 Å². The van der Waals surface area contributed by atoms with Crippen LogP contribution in [0.5, 0.6) is 0 Å². The molecular weight excluding hydrogens is 431 g/mol. The Balaban J connectivity index is 1.30. The van der Waals surface area contributed by atoms with E-state index in [2.05, 4.69) is 15.3 Å². The molecule has 2 aliphatic heterocycles. The number of hydrogen-bond donors (Lipinski definition) is 2. The molecule has 5 rings (SSSR count). The minimum Gasteiger partial charge on any atom is -0.381 e. The molecule has 0 bridgehead atoms. The fraction of sp³-hybridized carbons (Fsp3) is 0.435. The first-order valence-corrected chi connectivity index (χ1v) is 11.8. The predicted octanol–water partition coefficient (Wildman–Crippen LogP) is 3.89. The van der Waals surface area contributed by atoms with Crippen LogP contribution in [0, 0.1) is 11.7 Å². The van der Waals surface area contributed by atoms with Crippen molar-refractivity contribution in [1.29, 1.82) is 0 Å². The van der Waals surface area contributed by atoms with Crippen molar-refractivity contribution in [3.8, 4) is 0 Å². The second-order valence-corrected chi connectivity index (χ2v) is 9.39. The van der Waals surface area contributed by atoms with E-state index in [1.165, 1.54) is 23.5 Å². The zero-order valence-electron chi connectivity index (χ0n) is 17.9. The number of aromatic nitrogens is 2. The molecule has 0 spiro atoms. The maximum Gasteiger partial charge on any atom is 0.270 e. The van der Waals surface area contributed by atoms with Gasteiger partial charge < -0.3 is 19.9 Å². The molecule has 4 heterocycles. The summed E-state index contributed by atoms with van der Waals surface area (Å²) in [6.07, 6.45) is 2.79. The van der Waals surface area contributed by atoms with Crippen molar-refractivity contribution in [2.75, 3.05) is 25.1 Å². The number of carbonyl (C=O) groups excluding carboxylic acids is 2. The number of benzene rings is 1. The number of ether oxygens (including phenoxy) is 1. The smallest absolute Gasteiger partial charge is 0.270 e. The number of rotatable bonds is 4. The second kappa shape index (κ2) is 8.63. The normalized spacial score (nSPS) is 16.9. The van der Waals surface area contributed by atoms with Gasteiger partial charge in [0, 0.05) is 47.9 Å². The molecule has 9 heteroatoms. The molecule has 2 aliphatic rings. The Morgan fingerprint density at radius 2 is 2.12 bits per heavy atom. The lowest BCUT2D eigenvalue weighted by Gasteiger charge is -2.25. The fourth-order valence-electron chi connectivity index (χ4n) is 4.44. The molecule has 1 fully saturated rings. The quantitative estimate of drug-likeness (QED) is 0.624. The highest BCUT2D eigenvalue weighted by Crippen LogP contribution is 2.30. The van der Waals surface area contributed by atoms with Crippen LogP contribution in [-0.2, 0) is 28.9 Å². The number of nitrogens with zero attached hydrogens (tertiary/aromatic N) is 2. The molecule has 7 nitrogen and oxygen atoms in total.